The maximum absolute atomic E-state index is 12.8. The number of hydrogen-bond acceptors (Lipinski definition) is 8. The lowest BCUT2D eigenvalue weighted by Gasteiger charge is -2.13. The van der Waals surface area contributed by atoms with Crippen LogP contribution in [0.4, 0.5) is 0 Å². The summed E-state index contributed by atoms with van der Waals surface area (Å²) in [6.45, 7) is 0. The Morgan fingerprint density at radius 1 is 0.968 bits per heavy atom. The fourth-order valence-electron chi connectivity index (χ4n) is 3.22. The van der Waals surface area contributed by atoms with Crippen molar-refractivity contribution in [2.24, 2.45) is 0 Å². The molecule has 0 spiro atoms. The maximum atomic E-state index is 12.8. The minimum Gasteiger partial charge on any atom is -0.497 e. The summed E-state index contributed by atoms with van der Waals surface area (Å²) in [5.41, 5.74) is 1.59. The van der Waals surface area contributed by atoms with Crippen molar-refractivity contribution in [3.05, 3.63) is 68.2 Å². The van der Waals surface area contributed by atoms with Gasteiger partial charge in [-0.05, 0) is 41.5 Å². The van der Waals surface area contributed by atoms with Crippen LogP contribution in [0.15, 0.2) is 41.2 Å². The van der Waals surface area contributed by atoms with Crippen LogP contribution in [0.2, 0.25) is 0 Å². The first-order chi connectivity index (χ1) is 15.1. The summed E-state index contributed by atoms with van der Waals surface area (Å²) in [6, 6.07) is 11.2. The molecule has 0 amide bonds. The minimum atomic E-state index is -0.195. The van der Waals surface area contributed by atoms with Gasteiger partial charge < -0.3 is 18.9 Å². The molecule has 0 saturated heterocycles. The van der Waals surface area contributed by atoms with Gasteiger partial charge in [0.15, 0.2) is 17.3 Å². The van der Waals surface area contributed by atoms with Gasteiger partial charge in [0, 0.05) is 6.42 Å². The van der Waals surface area contributed by atoms with E-state index in [1.165, 1.54) is 15.9 Å². The Morgan fingerprint density at radius 3 is 2.19 bits per heavy atom. The molecule has 2 aromatic carbocycles. The summed E-state index contributed by atoms with van der Waals surface area (Å²) in [6.07, 6.45) is 2.24. The summed E-state index contributed by atoms with van der Waals surface area (Å²) in [5.74, 6) is 2.93. The third kappa shape index (κ3) is 4.04. The second kappa shape index (κ2) is 8.65. The highest BCUT2D eigenvalue weighted by molar-refractivity contribution is 7.15. The molecule has 2 aromatic heterocycles. The van der Waals surface area contributed by atoms with Gasteiger partial charge in [-0.25, -0.2) is 4.98 Å². The fourth-order valence-corrected chi connectivity index (χ4v) is 4.15. The van der Waals surface area contributed by atoms with Gasteiger partial charge in [-0.2, -0.15) is 4.52 Å². The van der Waals surface area contributed by atoms with E-state index in [1.807, 2.05) is 42.5 Å². The number of benzene rings is 2. The van der Waals surface area contributed by atoms with Crippen LogP contribution < -0.4 is 29.0 Å². The number of fused-ring (bicyclic) bond motifs is 1. The molecule has 0 aliphatic rings. The number of thiazole rings is 1. The summed E-state index contributed by atoms with van der Waals surface area (Å²) in [5, 5.41) is 4.40. The van der Waals surface area contributed by atoms with Gasteiger partial charge in [0.1, 0.15) is 5.75 Å². The molecule has 0 unspecified atom stereocenters. The first kappa shape index (κ1) is 20.7. The highest BCUT2D eigenvalue weighted by Crippen LogP contribution is 2.38. The van der Waals surface area contributed by atoms with Crippen molar-refractivity contribution in [1.29, 1.82) is 0 Å². The van der Waals surface area contributed by atoms with Crippen molar-refractivity contribution in [1.82, 2.24) is 14.6 Å². The molecule has 4 rings (SSSR count). The second-order valence-corrected chi connectivity index (χ2v) is 7.63. The van der Waals surface area contributed by atoms with Crippen molar-refractivity contribution >= 4 is 22.4 Å². The van der Waals surface area contributed by atoms with Crippen molar-refractivity contribution in [2.75, 3.05) is 28.4 Å². The molecule has 0 aliphatic heterocycles. The number of aromatic nitrogens is 3. The molecule has 0 radical (unpaired) electrons. The SMILES string of the molecule is COc1ccc(/C=c2\sc3nc(Cc4cc(OC)c(OC)c(OC)c4)nn3c2=O)cc1. The van der Waals surface area contributed by atoms with Gasteiger partial charge in [-0.1, -0.05) is 23.5 Å². The van der Waals surface area contributed by atoms with Crippen molar-refractivity contribution in [3.63, 3.8) is 0 Å². The predicted molar refractivity (Wildman–Crippen MR) is 118 cm³/mol. The summed E-state index contributed by atoms with van der Waals surface area (Å²) >= 11 is 1.30. The van der Waals surface area contributed by atoms with E-state index in [0.717, 1.165) is 16.9 Å². The summed E-state index contributed by atoms with van der Waals surface area (Å²) < 4.78 is 23.2. The van der Waals surface area contributed by atoms with Crippen LogP contribution in [0, 0.1) is 0 Å². The molecule has 0 N–H and O–H groups in total. The minimum absolute atomic E-state index is 0.195. The van der Waals surface area contributed by atoms with Crippen LogP contribution in [0.25, 0.3) is 11.0 Å². The zero-order valence-corrected chi connectivity index (χ0v) is 18.4. The van der Waals surface area contributed by atoms with E-state index in [2.05, 4.69) is 10.1 Å². The molecule has 2 heterocycles. The van der Waals surface area contributed by atoms with Gasteiger partial charge in [0.05, 0.1) is 33.0 Å². The monoisotopic (exact) mass is 439 g/mol. The molecule has 0 saturated carbocycles. The van der Waals surface area contributed by atoms with E-state index in [-0.39, 0.29) is 5.56 Å². The molecule has 0 atom stereocenters. The fraction of sp³-hybridized carbons (Fsp3) is 0.227. The Bertz CT molecular complexity index is 1300. The van der Waals surface area contributed by atoms with E-state index < -0.39 is 0 Å². The number of nitrogens with zero attached hydrogens (tertiary/aromatic N) is 3. The lowest BCUT2D eigenvalue weighted by atomic mass is 10.1. The molecule has 4 aromatic rings. The van der Waals surface area contributed by atoms with E-state index in [1.54, 1.807) is 28.4 Å². The number of ether oxygens (including phenoxy) is 4. The van der Waals surface area contributed by atoms with Crippen molar-refractivity contribution < 1.29 is 18.9 Å². The molecule has 0 aliphatic carbocycles. The largest absolute Gasteiger partial charge is 0.497 e. The molecule has 0 bridgehead atoms. The van der Waals surface area contributed by atoms with Crippen molar-refractivity contribution in [2.45, 2.75) is 6.42 Å². The van der Waals surface area contributed by atoms with Crippen LogP contribution in [-0.4, -0.2) is 43.0 Å². The maximum Gasteiger partial charge on any atom is 0.291 e. The van der Waals surface area contributed by atoms with Crippen LogP contribution in [-0.2, 0) is 6.42 Å². The first-order valence-electron chi connectivity index (χ1n) is 9.39. The molecule has 0 fully saturated rings. The van der Waals surface area contributed by atoms with Crippen LogP contribution in [0.5, 0.6) is 23.0 Å². The van der Waals surface area contributed by atoms with Gasteiger partial charge in [-0.15, -0.1) is 5.10 Å². The standard InChI is InChI=1S/C22H21N3O5S/c1-27-15-7-5-13(6-8-15)11-18-21(26)25-22(31-18)23-19(24-25)12-14-9-16(28-2)20(30-4)17(10-14)29-3/h5-11H,12H2,1-4H3/b18-11-. The Labute approximate surface area is 182 Å². The van der Waals surface area contributed by atoms with Gasteiger partial charge in [0.2, 0.25) is 10.7 Å². The van der Waals surface area contributed by atoms with Crippen molar-refractivity contribution in [3.8, 4) is 23.0 Å². The molecule has 8 nitrogen and oxygen atoms in total. The van der Waals surface area contributed by atoms with Crippen LogP contribution >= 0.6 is 11.3 Å². The quantitative estimate of drug-likeness (QED) is 0.437. The molecule has 160 valence electrons. The Balaban J connectivity index is 1.65. The second-order valence-electron chi connectivity index (χ2n) is 6.62. The lowest BCUT2D eigenvalue weighted by molar-refractivity contribution is 0.324. The Hall–Kier alpha value is -3.59. The molecule has 31 heavy (non-hydrogen) atoms. The van der Waals surface area contributed by atoms with Crippen LogP contribution in [0.3, 0.4) is 0 Å². The Kier molecular flexibility index (Phi) is 5.77. The highest BCUT2D eigenvalue weighted by Gasteiger charge is 2.16. The smallest absolute Gasteiger partial charge is 0.291 e. The summed E-state index contributed by atoms with van der Waals surface area (Å²) in [7, 11) is 6.30. The van der Waals surface area contributed by atoms with E-state index in [0.29, 0.717) is 39.0 Å². The van der Waals surface area contributed by atoms with Crippen LogP contribution in [0.1, 0.15) is 17.0 Å². The number of methoxy groups -OCH3 is 4. The molecular formula is C22H21N3O5S. The first-order valence-corrected chi connectivity index (χ1v) is 10.2. The number of rotatable bonds is 7. The van der Waals surface area contributed by atoms with E-state index in [9.17, 15) is 4.79 Å². The van der Waals surface area contributed by atoms with Gasteiger partial charge >= 0.3 is 0 Å². The molecule has 9 heteroatoms. The predicted octanol–water partition coefficient (Wildman–Crippen LogP) is 2.32. The average Bonchev–Trinajstić information content (AvgIpc) is 3.31. The van der Waals surface area contributed by atoms with Gasteiger partial charge in [0.25, 0.3) is 5.56 Å². The summed E-state index contributed by atoms with van der Waals surface area (Å²) in [4.78, 5) is 17.8. The van der Waals surface area contributed by atoms with E-state index >= 15 is 0 Å². The zero-order chi connectivity index (χ0) is 22.0. The lowest BCUT2D eigenvalue weighted by Crippen LogP contribution is -2.23. The number of hydrogen-bond donors (Lipinski definition) is 0. The highest BCUT2D eigenvalue weighted by atomic mass is 32.1. The third-order valence-electron chi connectivity index (χ3n) is 4.73. The third-order valence-corrected chi connectivity index (χ3v) is 5.69. The normalized spacial score (nSPS) is 11.7. The average molecular weight is 439 g/mol. The Morgan fingerprint density at radius 2 is 1.65 bits per heavy atom. The zero-order valence-electron chi connectivity index (χ0n) is 17.5. The van der Waals surface area contributed by atoms with Gasteiger partial charge in [-0.3, -0.25) is 4.79 Å². The van der Waals surface area contributed by atoms with E-state index in [4.69, 9.17) is 18.9 Å². The molecular weight excluding hydrogens is 418 g/mol. The topological polar surface area (TPSA) is 84.2 Å².